The minimum atomic E-state index is -0.945. The first kappa shape index (κ1) is 24.3. The normalized spacial score (nSPS) is 19.0. The highest BCUT2D eigenvalue weighted by Crippen LogP contribution is 2.38. The summed E-state index contributed by atoms with van der Waals surface area (Å²) in [6.45, 7) is 3.24. The highest BCUT2D eigenvalue weighted by molar-refractivity contribution is 5.97. The number of methoxy groups -OCH3 is 3. The zero-order chi connectivity index (χ0) is 23.0. The smallest absolute Gasteiger partial charge is 0.326 e. The second-order valence-corrected chi connectivity index (χ2v) is 7.61. The zero-order valence-electron chi connectivity index (χ0n) is 18.8. The molecule has 0 saturated heterocycles. The molecule has 1 aliphatic carbocycles. The number of ether oxygens (including phenoxy) is 4. The Morgan fingerprint density at radius 3 is 2.19 bits per heavy atom. The lowest BCUT2D eigenvalue weighted by atomic mass is 9.86. The summed E-state index contributed by atoms with van der Waals surface area (Å²) in [7, 11) is 4.34. The van der Waals surface area contributed by atoms with Crippen LogP contribution in [0.25, 0.3) is 0 Å². The van der Waals surface area contributed by atoms with E-state index in [1.807, 2.05) is 0 Å². The van der Waals surface area contributed by atoms with E-state index in [2.05, 4.69) is 17.6 Å². The Bertz CT molecular complexity index is 771. The third-order valence-electron chi connectivity index (χ3n) is 5.44. The summed E-state index contributed by atoms with van der Waals surface area (Å²) in [5.74, 6) is -0.174. The van der Waals surface area contributed by atoms with Crippen LogP contribution in [0.5, 0.6) is 17.2 Å². The summed E-state index contributed by atoms with van der Waals surface area (Å²) in [5, 5.41) is 5.43. The zero-order valence-corrected chi connectivity index (χ0v) is 18.8. The fourth-order valence-electron chi connectivity index (χ4n) is 3.59. The van der Waals surface area contributed by atoms with Gasteiger partial charge in [-0.05, 0) is 37.8 Å². The fraction of sp³-hybridized carbons (Fsp3) is 0.591. The summed E-state index contributed by atoms with van der Waals surface area (Å²) in [4.78, 5) is 36.9. The molecule has 2 amide bonds. The monoisotopic (exact) mass is 436 g/mol. The first-order valence-electron chi connectivity index (χ1n) is 10.4. The van der Waals surface area contributed by atoms with Crippen molar-refractivity contribution in [1.29, 1.82) is 0 Å². The van der Waals surface area contributed by atoms with Crippen LogP contribution in [0.4, 0.5) is 0 Å². The molecule has 0 aliphatic heterocycles. The molecule has 31 heavy (non-hydrogen) atoms. The van der Waals surface area contributed by atoms with E-state index in [0.717, 1.165) is 19.3 Å². The number of carbonyl (C=O) groups is 3. The molecule has 1 aromatic carbocycles. The Hall–Kier alpha value is -2.97. The van der Waals surface area contributed by atoms with Crippen LogP contribution in [0.3, 0.4) is 0 Å². The Labute approximate surface area is 182 Å². The molecular weight excluding hydrogens is 404 g/mol. The molecule has 0 unspecified atom stereocenters. The van der Waals surface area contributed by atoms with Gasteiger partial charge in [0, 0.05) is 11.6 Å². The van der Waals surface area contributed by atoms with Gasteiger partial charge in [0.25, 0.3) is 11.8 Å². The van der Waals surface area contributed by atoms with Crippen molar-refractivity contribution in [3.05, 3.63) is 17.7 Å². The van der Waals surface area contributed by atoms with Gasteiger partial charge >= 0.3 is 5.97 Å². The van der Waals surface area contributed by atoms with Crippen molar-refractivity contribution in [2.24, 2.45) is 5.92 Å². The molecule has 172 valence electrons. The minimum absolute atomic E-state index is 0.0992. The van der Waals surface area contributed by atoms with Gasteiger partial charge in [0.2, 0.25) is 5.75 Å². The summed E-state index contributed by atoms with van der Waals surface area (Å²) in [6, 6.07) is 3.05. The summed E-state index contributed by atoms with van der Waals surface area (Å²) in [5.41, 5.74) is 0.222. The second-order valence-electron chi connectivity index (χ2n) is 7.61. The van der Waals surface area contributed by atoms with Crippen LogP contribution in [0.1, 0.15) is 49.9 Å². The van der Waals surface area contributed by atoms with Crippen molar-refractivity contribution in [1.82, 2.24) is 10.6 Å². The number of amides is 2. The van der Waals surface area contributed by atoms with Gasteiger partial charge in [0.1, 0.15) is 6.54 Å². The predicted molar refractivity (Wildman–Crippen MR) is 114 cm³/mol. The number of carbonyl (C=O) groups excluding carboxylic acids is 3. The van der Waals surface area contributed by atoms with Crippen LogP contribution < -0.4 is 24.8 Å². The van der Waals surface area contributed by atoms with Gasteiger partial charge in [-0.3, -0.25) is 14.4 Å². The largest absolute Gasteiger partial charge is 0.493 e. The Morgan fingerprint density at radius 1 is 1.03 bits per heavy atom. The van der Waals surface area contributed by atoms with Crippen molar-refractivity contribution in [3.63, 3.8) is 0 Å². The average Bonchev–Trinajstić information content (AvgIpc) is 2.77. The number of hydrogen-bond donors (Lipinski definition) is 2. The fourth-order valence-corrected chi connectivity index (χ4v) is 3.59. The molecule has 9 nitrogen and oxygen atoms in total. The molecular formula is C22H32N2O7. The molecule has 1 fully saturated rings. The number of esters is 1. The van der Waals surface area contributed by atoms with E-state index < -0.39 is 18.0 Å². The third kappa shape index (κ3) is 6.50. The lowest BCUT2D eigenvalue weighted by molar-refractivity contribution is -0.154. The topological polar surface area (TPSA) is 112 Å². The van der Waals surface area contributed by atoms with Gasteiger partial charge in [-0.2, -0.15) is 0 Å². The maximum absolute atomic E-state index is 12.5. The summed E-state index contributed by atoms with van der Waals surface area (Å²) < 4.78 is 20.8. The highest BCUT2D eigenvalue weighted by atomic mass is 16.5. The molecule has 1 saturated carbocycles. The summed E-state index contributed by atoms with van der Waals surface area (Å²) in [6.07, 6.45) is 3.31. The van der Waals surface area contributed by atoms with E-state index in [0.29, 0.717) is 23.2 Å². The number of nitrogens with one attached hydrogen (secondary N) is 2. The summed E-state index contributed by atoms with van der Waals surface area (Å²) >= 11 is 0. The Morgan fingerprint density at radius 2 is 1.65 bits per heavy atom. The van der Waals surface area contributed by atoms with Crippen molar-refractivity contribution in [3.8, 4) is 17.2 Å². The van der Waals surface area contributed by atoms with Crippen LogP contribution in [0, 0.1) is 5.92 Å². The molecule has 0 spiro atoms. The molecule has 1 aromatic rings. The van der Waals surface area contributed by atoms with Gasteiger partial charge in [0.15, 0.2) is 17.6 Å². The van der Waals surface area contributed by atoms with E-state index in [1.165, 1.54) is 46.8 Å². The quantitative estimate of drug-likeness (QED) is 0.570. The Kier molecular flexibility index (Phi) is 8.96. The number of benzene rings is 1. The van der Waals surface area contributed by atoms with Crippen LogP contribution in [-0.4, -0.2) is 57.8 Å². The maximum Gasteiger partial charge on any atom is 0.326 e. The molecule has 0 heterocycles. The van der Waals surface area contributed by atoms with Crippen LogP contribution >= 0.6 is 0 Å². The van der Waals surface area contributed by atoms with E-state index in [4.69, 9.17) is 18.9 Å². The first-order chi connectivity index (χ1) is 14.8. The van der Waals surface area contributed by atoms with Crippen LogP contribution in [0.2, 0.25) is 0 Å². The van der Waals surface area contributed by atoms with E-state index >= 15 is 0 Å². The van der Waals surface area contributed by atoms with Gasteiger partial charge in [-0.15, -0.1) is 0 Å². The van der Waals surface area contributed by atoms with Crippen molar-refractivity contribution in [2.75, 3.05) is 27.9 Å². The molecule has 0 aromatic heterocycles. The Balaban J connectivity index is 1.89. The molecule has 0 bridgehead atoms. The molecule has 2 rings (SSSR count). The lowest BCUT2D eigenvalue weighted by Gasteiger charge is -2.30. The second kappa shape index (κ2) is 11.4. The highest BCUT2D eigenvalue weighted by Gasteiger charge is 2.26. The lowest BCUT2D eigenvalue weighted by Crippen LogP contribution is -2.46. The van der Waals surface area contributed by atoms with Gasteiger partial charge in [0.05, 0.1) is 21.3 Å². The third-order valence-corrected chi connectivity index (χ3v) is 5.44. The standard InChI is InChI=1S/C22H32N2O7/c1-13-8-6-7-9-16(13)24-21(26)14(2)31-19(25)12-23-22(27)15-10-17(28-3)20(30-5)18(11-15)29-4/h10-11,13-14,16H,6-9,12H2,1-5H3,(H,23,27)(H,24,26)/t13-,14-,16+/m1/s1. The van der Waals surface area contributed by atoms with E-state index in [9.17, 15) is 14.4 Å². The van der Waals surface area contributed by atoms with Crippen LogP contribution in [-0.2, 0) is 14.3 Å². The molecule has 9 heteroatoms. The first-order valence-corrected chi connectivity index (χ1v) is 10.4. The van der Waals surface area contributed by atoms with Crippen molar-refractivity contribution in [2.45, 2.75) is 51.7 Å². The minimum Gasteiger partial charge on any atom is -0.493 e. The van der Waals surface area contributed by atoms with Gasteiger partial charge in [-0.1, -0.05) is 19.8 Å². The number of hydrogen-bond acceptors (Lipinski definition) is 7. The van der Waals surface area contributed by atoms with Crippen LogP contribution in [0.15, 0.2) is 12.1 Å². The SMILES string of the molecule is COc1cc(C(=O)NCC(=O)O[C@H](C)C(=O)N[C@H]2CCCC[C@H]2C)cc(OC)c1OC. The average molecular weight is 437 g/mol. The number of rotatable bonds is 9. The van der Waals surface area contributed by atoms with Gasteiger partial charge < -0.3 is 29.6 Å². The van der Waals surface area contributed by atoms with Crippen molar-refractivity contribution < 1.29 is 33.3 Å². The maximum atomic E-state index is 12.5. The van der Waals surface area contributed by atoms with E-state index in [-0.39, 0.29) is 24.1 Å². The molecule has 3 atom stereocenters. The van der Waals surface area contributed by atoms with Gasteiger partial charge in [-0.25, -0.2) is 0 Å². The predicted octanol–water partition coefficient (Wildman–Crippen LogP) is 2.07. The molecule has 0 radical (unpaired) electrons. The van der Waals surface area contributed by atoms with Crippen molar-refractivity contribution >= 4 is 17.8 Å². The van der Waals surface area contributed by atoms with E-state index in [1.54, 1.807) is 0 Å². The molecule has 1 aliphatic rings. The molecule has 2 N–H and O–H groups in total.